The normalized spacial score (nSPS) is 0. The Morgan fingerprint density at radius 2 is 0.400 bits per heavy atom. The molecule has 0 aromatic heterocycles. The third kappa shape index (κ3) is 101. The molecule has 0 fully saturated rings. The molecule has 0 aliphatic heterocycles. The van der Waals surface area contributed by atoms with Crippen molar-refractivity contribution in [1.29, 1.82) is 0 Å². The largest absolute Gasteiger partial charge is 3.00 e. The maximum Gasteiger partial charge on any atom is 3.00 e. The molecule has 1 radical (unpaired) electrons. The summed E-state index contributed by atoms with van der Waals surface area (Å²) in [6.45, 7) is 0. The van der Waals surface area contributed by atoms with Gasteiger partial charge in [-0.3, -0.25) is 0 Å². The fraction of sp³-hybridized carbons (Fsp3) is 0. The molecule has 0 N–H and O–H groups in total. The van der Waals surface area contributed by atoms with Gasteiger partial charge in [0.05, 0.1) is 0 Å². The molecule has 0 aromatic carbocycles. The van der Waals surface area contributed by atoms with E-state index in [2.05, 4.69) is 0 Å². The van der Waals surface area contributed by atoms with Gasteiger partial charge >= 0.3 is 50.9 Å². The Kier molecular flexibility index (Phi) is 2210. The summed E-state index contributed by atoms with van der Waals surface area (Å²) in [7, 11) is 0. The van der Waals surface area contributed by atoms with Gasteiger partial charge in [-0.2, -0.15) is 0 Å². The zero-order valence-corrected chi connectivity index (χ0v) is 12.2. The van der Waals surface area contributed by atoms with Crippen LogP contribution in [0, 0.1) is 0 Å². The van der Waals surface area contributed by atoms with E-state index in [1.54, 1.807) is 0 Å². The summed E-state index contributed by atoms with van der Waals surface area (Å²) in [6.07, 6.45) is 0. The molecule has 0 saturated carbocycles. The van der Waals surface area contributed by atoms with E-state index >= 15 is 0 Å². The van der Waals surface area contributed by atoms with Gasteiger partial charge in [-0.15, -0.1) is 0 Å². The van der Waals surface area contributed by atoms with Gasteiger partial charge in [-0.25, -0.2) is 0 Å². The van der Waals surface area contributed by atoms with E-state index in [-0.39, 0.29) is 138 Å². The van der Waals surface area contributed by atoms with Crippen LogP contribution in [0.3, 0.4) is 0 Å². The van der Waals surface area contributed by atoms with Crippen molar-refractivity contribution in [3.63, 3.8) is 0 Å². The molecule has 0 heterocycles. The third-order valence-electron chi connectivity index (χ3n) is 0. The van der Waals surface area contributed by atoms with E-state index in [0.29, 0.717) is 0 Å². The van der Waals surface area contributed by atoms with Crippen molar-refractivity contribution >= 4 is 17.4 Å². The van der Waals surface area contributed by atoms with Crippen molar-refractivity contribution in [2.45, 2.75) is 0 Å². The molecule has 0 aliphatic rings. The molecule has 10 heavy (non-hydrogen) atoms. The summed E-state index contributed by atoms with van der Waals surface area (Å²) in [5, 5.41) is 0. The van der Waals surface area contributed by atoms with Crippen LogP contribution < -0.4 is 86.8 Å². The van der Waals surface area contributed by atoms with Crippen LogP contribution in [-0.2, 0) is 33.6 Å². The number of hydrogen-bond donors (Lipinski definition) is 0. The molecule has 0 nitrogen and oxygen atoms in total. The van der Waals surface area contributed by atoms with Crippen molar-refractivity contribution < 1.29 is 120 Å². The summed E-state index contributed by atoms with van der Waals surface area (Å²) in [5.74, 6) is 0. The second kappa shape index (κ2) is 132. The van der Waals surface area contributed by atoms with Gasteiger partial charge in [-0.05, 0) is 0 Å². The Morgan fingerprint density at radius 1 is 0.400 bits per heavy atom. The van der Waals surface area contributed by atoms with Crippen LogP contribution in [0.5, 0.6) is 0 Å². The zero-order chi connectivity index (χ0) is 0. The monoisotopic (exact) mass is 393 g/mol. The average molecular weight is 397 g/mol. The molecule has 10 heteroatoms. The van der Waals surface area contributed by atoms with Crippen molar-refractivity contribution in [2.75, 3.05) is 0 Å². The zero-order valence-electron chi connectivity index (χ0n) is 3.84. The van der Waals surface area contributed by atoms with E-state index in [9.17, 15) is 0 Å². The van der Waals surface area contributed by atoms with Gasteiger partial charge in [0.25, 0.3) is 0 Å². The van der Waals surface area contributed by atoms with Crippen LogP contribution in [0.1, 0.15) is 0 Å². The van der Waals surface area contributed by atoms with Crippen molar-refractivity contribution in [2.24, 2.45) is 0 Å². The quantitative estimate of drug-likeness (QED) is 0.357. The van der Waals surface area contributed by atoms with Crippen LogP contribution in [0.25, 0.3) is 0 Å². The second-order valence-corrected chi connectivity index (χ2v) is 0. The van der Waals surface area contributed by atoms with E-state index in [1.165, 1.54) is 0 Å². The van der Waals surface area contributed by atoms with Crippen molar-refractivity contribution in [3.8, 4) is 0 Å². The predicted octanol–water partition coefficient (Wildman–Crippen LogP) is -21.4. The second-order valence-electron chi connectivity index (χ2n) is 0. The maximum absolute atomic E-state index is 0. The Labute approximate surface area is 136 Å². The average Bonchev–Trinajstić information content (AvgIpc) is 0. The maximum atomic E-state index is 0. The van der Waals surface area contributed by atoms with Crippen molar-refractivity contribution in [1.82, 2.24) is 0 Å². The molecule has 0 aliphatic carbocycles. The van der Waals surface area contributed by atoms with Gasteiger partial charge in [-0.1, -0.05) is 0 Å². The Morgan fingerprint density at radius 3 is 0.400 bits per heavy atom. The Balaban J connectivity index is 0. The van der Waals surface area contributed by atoms with Crippen LogP contribution in [0.4, 0.5) is 0 Å². The van der Waals surface area contributed by atoms with E-state index in [4.69, 9.17) is 0 Å². The van der Waals surface area contributed by atoms with E-state index in [1.807, 2.05) is 0 Å². The molecular formula is AlCl7CuNi. The Bertz CT molecular complexity index is 13.6. The molecule has 0 unspecified atom stereocenters. The first-order chi connectivity index (χ1) is 0. The van der Waals surface area contributed by atoms with Crippen LogP contribution in [-0.4, -0.2) is 17.4 Å². The molecule has 0 spiro atoms. The third-order valence-corrected chi connectivity index (χ3v) is 0. The molecule has 0 rings (SSSR count). The molecule has 73 valence electrons. The van der Waals surface area contributed by atoms with E-state index in [0.717, 1.165) is 0 Å². The standard InChI is InChI=1S/Al.7ClH.Cu.Ni/h;7*1H;;/q+3;;;;;;;;2*+2/p-7. The van der Waals surface area contributed by atoms with Gasteiger partial charge < -0.3 is 86.8 Å². The minimum absolute atomic E-state index is 0. The number of hydrogen-bond acceptors (Lipinski definition) is 0. The van der Waals surface area contributed by atoms with E-state index < -0.39 is 0 Å². The van der Waals surface area contributed by atoms with Gasteiger partial charge in [0.2, 0.25) is 0 Å². The van der Waals surface area contributed by atoms with Crippen molar-refractivity contribution in [3.05, 3.63) is 0 Å². The summed E-state index contributed by atoms with van der Waals surface area (Å²) in [5.41, 5.74) is 0. The molecule has 0 amide bonds. The summed E-state index contributed by atoms with van der Waals surface area (Å²) >= 11 is 0. The predicted molar refractivity (Wildman–Crippen MR) is 5.75 cm³/mol. The number of rotatable bonds is 0. The van der Waals surface area contributed by atoms with Crippen LogP contribution >= 0.6 is 0 Å². The van der Waals surface area contributed by atoms with Crippen LogP contribution in [0.2, 0.25) is 0 Å². The molecular weight excluding hydrogens is 397 g/mol. The minimum Gasteiger partial charge on any atom is -1.00 e. The first-order valence-corrected chi connectivity index (χ1v) is 0. The van der Waals surface area contributed by atoms with Crippen LogP contribution in [0.15, 0.2) is 0 Å². The minimum atomic E-state index is 0. The molecule has 0 saturated heterocycles. The molecule has 0 bridgehead atoms. The fourth-order valence-electron chi connectivity index (χ4n) is 0. The summed E-state index contributed by atoms with van der Waals surface area (Å²) < 4.78 is 0. The Hall–Kier alpha value is 3.58. The summed E-state index contributed by atoms with van der Waals surface area (Å²) in [6, 6.07) is 0. The SMILES string of the molecule is [Al+3].[Cl-].[Cl-].[Cl-].[Cl-].[Cl-].[Cl-].[Cl-].[Cu+2].[Ni+2]. The fourth-order valence-corrected chi connectivity index (χ4v) is 0. The summed E-state index contributed by atoms with van der Waals surface area (Å²) in [4.78, 5) is 0. The molecule has 0 atom stereocenters. The smallest absolute Gasteiger partial charge is 1.00 e. The topological polar surface area (TPSA) is 0 Å². The first kappa shape index (κ1) is 168. The molecule has 0 aromatic rings. The van der Waals surface area contributed by atoms with Gasteiger partial charge in [0.15, 0.2) is 0 Å². The first-order valence-electron chi connectivity index (χ1n) is 0. The number of halogens is 7. The van der Waals surface area contributed by atoms with Gasteiger partial charge in [0.1, 0.15) is 0 Å². The van der Waals surface area contributed by atoms with Gasteiger partial charge in [0, 0.05) is 0 Å².